The molecule has 0 aromatic heterocycles. The van der Waals surface area contributed by atoms with E-state index in [0.29, 0.717) is 12.8 Å². The van der Waals surface area contributed by atoms with Gasteiger partial charge in [0.1, 0.15) is 23.2 Å². The number of benzene rings is 1. The van der Waals surface area contributed by atoms with Crippen LogP contribution in [0.2, 0.25) is 0 Å². The van der Waals surface area contributed by atoms with Gasteiger partial charge in [0, 0.05) is 11.5 Å². The molecule has 3 unspecified atom stereocenters. The van der Waals surface area contributed by atoms with Crippen LogP contribution in [-0.4, -0.2) is 21.9 Å². The summed E-state index contributed by atoms with van der Waals surface area (Å²) in [5.41, 5.74) is 1.41. The number of hydrogen-bond donors (Lipinski definition) is 1. The van der Waals surface area contributed by atoms with E-state index in [1.165, 1.54) is 12.8 Å². The minimum atomic E-state index is -0.696. The maximum absolute atomic E-state index is 11.0. The van der Waals surface area contributed by atoms with E-state index in [2.05, 4.69) is 40.7 Å². The molecule has 1 aromatic rings. The van der Waals surface area contributed by atoms with Gasteiger partial charge in [0.05, 0.1) is 0 Å². The Labute approximate surface area is 173 Å². The second-order valence-corrected chi connectivity index (χ2v) is 9.93. The Morgan fingerprint density at radius 2 is 2.03 bits per heavy atom. The van der Waals surface area contributed by atoms with Gasteiger partial charge in [0.25, 0.3) is 5.09 Å². The van der Waals surface area contributed by atoms with Crippen LogP contribution in [0, 0.1) is 16.0 Å². The Hall–Kier alpha value is -1.98. The lowest BCUT2D eigenvalue weighted by Crippen LogP contribution is -2.48. The summed E-state index contributed by atoms with van der Waals surface area (Å²) in [7, 11) is 0. The first-order valence-corrected chi connectivity index (χ1v) is 10.9. The van der Waals surface area contributed by atoms with Crippen LogP contribution in [0.4, 0.5) is 0 Å². The van der Waals surface area contributed by atoms with Crippen molar-refractivity contribution < 1.29 is 19.8 Å². The minimum Gasteiger partial charge on any atom is -0.508 e. The standard InChI is InChI=1S/C23H35NO5/c1-6-7-8-11-22(2,3)15-12-19(25)21-17-14-16(29-24(26)27)9-10-18(17)23(4,5)28-20(21)13-15/h12-13,16-18,25H,6-11,14H2,1-5H3. The lowest BCUT2D eigenvalue weighted by Gasteiger charge is -2.49. The first kappa shape index (κ1) is 21.7. The third kappa shape index (κ3) is 4.46. The molecule has 1 saturated carbocycles. The van der Waals surface area contributed by atoms with Gasteiger partial charge in [0.2, 0.25) is 0 Å². The molecule has 3 rings (SSSR count). The third-order valence-corrected chi connectivity index (χ3v) is 6.98. The van der Waals surface area contributed by atoms with Crippen molar-refractivity contribution in [2.75, 3.05) is 0 Å². The summed E-state index contributed by atoms with van der Waals surface area (Å²) in [6.07, 6.45) is 6.08. The summed E-state index contributed by atoms with van der Waals surface area (Å²) in [5, 5.41) is 21.1. The molecule has 1 aliphatic heterocycles. The predicted molar refractivity (Wildman–Crippen MR) is 112 cm³/mol. The summed E-state index contributed by atoms with van der Waals surface area (Å²) < 4.78 is 6.41. The molecule has 29 heavy (non-hydrogen) atoms. The van der Waals surface area contributed by atoms with Crippen LogP contribution in [-0.2, 0) is 10.3 Å². The van der Waals surface area contributed by atoms with Gasteiger partial charge in [-0.15, -0.1) is 10.1 Å². The van der Waals surface area contributed by atoms with Gasteiger partial charge in [-0.25, -0.2) is 0 Å². The van der Waals surface area contributed by atoms with Gasteiger partial charge >= 0.3 is 0 Å². The Morgan fingerprint density at radius 1 is 1.31 bits per heavy atom. The highest BCUT2D eigenvalue weighted by Crippen LogP contribution is 2.55. The summed E-state index contributed by atoms with van der Waals surface area (Å²) in [6.45, 7) is 10.8. The second-order valence-electron chi connectivity index (χ2n) is 9.93. The molecular formula is C23H35NO5. The quantitative estimate of drug-likeness (QED) is 0.348. The number of fused-ring (bicyclic) bond motifs is 3. The molecule has 0 bridgehead atoms. The van der Waals surface area contributed by atoms with E-state index >= 15 is 0 Å². The van der Waals surface area contributed by atoms with Gasteiger partial charge in [-0.05, 0) is 68.6 Å². The van der Waals surface area contributed by atoms with Crippen LogP contribution < -0.4 is 4.74 Å². The molecule has 162 valence electrons. The van der Waals surface area contributed by atoms with Crippen molar-refractivity contribution >= 4 is 0 Å². The minimum absolute atomic E-state index is 0.00953. The van der Waals surface area contributed by atoms with E-state index in [4.69, 9.17) is 9.57 Å². The largest absolute Gasteiger partial charge is 0.508 e. The molecule has 2 aliphatic rings. The predicted octanol–water partition coefficient (Wildman–Crippen LogP) is 5.88. The molecule has 6 heteroatoms. The normalized spacial score (nSPS) is 25.5. The van der Waals surface area contributed by atoms with Crippen LogP contribution in [0.1, 0.15) is 96.6 Å². The average Bonchev–Trinajstić information content (AvgIpc) is 2.60. The molecule has 6 nitrogen and oxygen atoms in total. The highest BCUT2D eigenvalue weighted by molar-refractivity contribution is 5.53. The molecule has 3 atom stereocenters. The zero-order valence-corrected chi connectivity index (χ0v) is 18.4. The molecule has 1 aliphatic carbocycles. The highest BCUT2D eigenvalue weighted by atomic mass is 17.0. The number of rotatable bonds is 7. The van der Waals surface area contributed by atoms with Crippen LogP contribution in [0.25, 0.3) is 0 Å². The number of nitrogens with zero attached hydrogens (tertiary/aromatic N) is 1. The van der Waals surface area contributed by atoms with Crippen LogP contribution in [0.5, 0.6) is 11.5 Å². The van der Waals surface area contributed by atoms with Gasteiger partial charge in [-0.3, -0.25) is 0 Å². The van der Waals surface area contributed by atoms with Crippen molar-refractivity contribution in [1.82, 2.24) is 0 Å². The lowest BCUT2D eigenvalue weighted by molar-refractivity contribution is -0.769. The number of ether oxygens (including phenoxy) is 1. The SMILES string of the molecule is CCCCCC(C)(C)c1cc(O)c2c(c1)OC(C)(C)C1CCC(O[N+](=O)[O-])CC21. The molecular weight excluding hydrogens is 370 g/mol. The molecule has 0 amide bonds. The van der Waals surface area contributed by atoms with E-state index in [9.17, 15) is 15.2 Å². The van der Waals surface area contributed by atoms with E-state index in [1.807, 2.05) is 6.07 Å². The summed E-state index contributed by atoms with van der Waals surface area (Å²) >= 11 is 0. The number of unbranched alkanes of at least 4 members (excludes halogenated alkanes) is 2. The summed E-state index contributed by atoms with van der Waals surface area (Å²) in [4.78, 5) is 15.7. The Kier molecular flexibility index (Phi) is 6.02. The Morgan fingerprint density at radius 3 is 2.69 bits per heavy atom. The zero-order chi connectivity index (χ0) is 21.4. The first-order valence-electron chi connectivity index (χ1n) is 10.9. The van der Waals surface area contributed by atoms with Crippen LogP contribution in [0.3, 0.4) is 0 Å². The van der Waals surface area contributed by atoms with Crippen molar-refractivity contribution in [3.05, 3.63) is 33.4 Å². The molecule has 1 N–H and O–H groups in total. The number of phenolic OH excluding ortho intramolecular Hbond substituents is 1. The summed E-state index contributed by atoms with van der Waals surface area (Å²) in [5.74, 6) is 1.14. The highest BCUT2D eigenvalue weighted by Gasteiger charge is 2.48. The van der Waals surface area contributed by atoms with E-state index < -0.39 is 16.8 Å². The van der Waals surface area contributed by atoms with Crippen molar-refractivity contribution in [1.29, 1.82) is 0 Å². The third-order valence-electron chi connectivity index (χ3n) is 6.98. The smallest absolute Gasteiger partial charge is 0.294 e. The maximum atomic E-state index is 11.0. The van der Waals surface area contributed by atoms with E-state index in [-0.39, 0.29) is 23.0 Å². The van der Waals surface area contributed by atoms with Crippen molar-refractivity contribution in [2.45, 2.75) is 103 Å². The fraction of sp³-hybridized carbons (Fsp3) is 0.739. The van der Waals surface area contributed by atoms with Crippen molar-refractivity contribution in [3.8, 4) is 11.5 Å². The topological polar surface area (TPSA) is 81.8 Å². The fourth-order valence-corrected chi connectivity index (χ4v) is 5.28. The van der Waals surface area contributed by atoms with Gasteiger partial charge in [-0.2, -0.15) is 0 Å². The number of phenols is 1. The molecule has 0 spiro atoms. The Balaban J connectivity index is 1.95. The summed E-state index contributed by atoms with van der Waals surface area (Å²) in [6, 6.07) is 3.96. The molecule has 1 heterocycles. The first-order chi connectivity index (χ1) is 13.5. The second kappa shape index (κ2) is 8.04. The molecule has 1 fully saturated rings. The monoisotopic (exact) mass is 405 g/mol. The van der Waals surface area contributed by atoms with Gasteiger partial charge in [0.15, 0.2) is 0 Å². The van der Waals surface area contributed by atoms with Gasteiger partial charge in [-0.1, -0.05) is 40.0 Å². The number of aromatic hydroxyl groups is 1. The van der Waals surface area contributed by atoms with Crippen LogP contribution in [0.15, 0.2) is 12.1 Å². The number of hydrogen-bond acceptors (Lipinski definition) is 5. The average molecular weight is 406 g/mol. The molecule has 1 aromatic carbocycles. The maximum Gasteiger partial charge on any atom is 0.294 e. The van der Waals surface area contributed by atoms with Crippen molar-refractivity contribution in [3.63, 3.8) is 0 Å². The van der Waals surface area contributed by atoms with E-state index in [0.717, 1.165) is 36.1 Å². The Bertz CT molecular complexity index is 758. The van der Waals surface area contributed by atoms with Crippen LogP contribution >= 0.6 is 0 Å². The van der Waals surface area contributed by atoms with Gasteiger partial charge < -0.3 is 14.7 Å². The van der Waals surface area contributed by atoms with Crippen molar-refractivity contribution in [2.24, 2.45) is 5.92 Å². The molecule has 0 radical (unpaired) electrons. The fourth-order valence-electron chi connectivity index (χ4n) is 5.28. The lowest BCUT2D eigenvalue weighted by atomic mass is 9.65. The molecule has 0 saturated heterocycles. The van der Waals surface area contributed by atoms with E-state index in [1.54, 1.807) is 0 Å². The zero-order valence-electron chi connectivity index (χ0n) is 18.4.